The van der Waals surface area contributed by atoms with Crippen molar-refractivity contribution in [2.24, 2.45) is 11.3 Å². The van der Waals surface area contributed by atoms with E-state index in [0.717, 1.165) is 69.1 Å². The molecule has 5 aliphatic rings. The maximum Gasteiger partial charge on any atom is 0.300 e. The molecule has 6 heterocycles. The number of carbonyl (C=O) groups is 1. The van der Waals surface area contributed by atoms with E-state index in [0.29, 0.717) is 55.6 Å². The molecule has 10 rings (SSSR count). The number of pyridine rings is 2. The number of nitrogens with zero attached hydrogens (tertiary/aromatic N) is 5. The number of sulfonamides is 1. The number of carbonyl (C=O) groups excluding carboxylic acids is 1. The lowest BCUT2D eigenvalue weighted by Gasteiger charge is -2.57. The number of benzene rings is 2. The number of piperidine rings is 1. The fraction of sp³-hybridized carbons (Fsp3) is 0.490. The van der Waals surface area contributed by atoms with Crippen molar-refractivity contribution in [2.75, 3.05) is 49.7 Å². The SMILES string of the molecule is CC(C)c1ccccc1[C@H]1COCCN1C1CC2(CCN(c3ccc(C(=O)NS(=O)(=O)c4cc([N+](=O)[O-])c5c(n4)OC[C@H](C4CCC(C)(O)CC4)N5)c(Oc4cnc5[nH]ccc5c4)c3)CC2)C1. The van der Waals surface area contributed by atoms with E-state index in [4.69, 9.17) is 14.2 Å². The molecule has 18 heteroatoms. The highest BCUT2D eigenvalue weighted by molar-refractivity contribution is 7.90. The first-order valence-corrected chi connectivity index (χ1v) is 24.9. The van der Waals surface area contributed by atoms with E-state index in [2.05, 4.69) is 72.9 Å². The Bertz CT molecular complexity index is 2790. The van der Waals surface area contributed by atoms with Gasteiger partial charge < -0.3 is 34.5 Å². The van der Waals surface area contributed by atoms with Crippen LogP contribution < -0.4 is 24.4 Å². The van der Waals surface area contributed by atoms with E-state index < -0.39 is 37.2 Å². The Kier molecular flexibility index (Phi) is 11.9. The van der Waals surface area contributed by atoms with Gasteiger partial charge in [-0.3, -0.25) is 19.8 Å². The third kappa shape index (κ3) is 9.03. The third-order valence-corrected chi connectivity index (χ3v) is 16.2. The number of hydrogen-bond donors (Lipinski definition) is 4. The van der Waals surface area contributed by atoms with Gasteiger partial charge in [0.2, 0.25) is 5.88 Å². The Morgan fingerprint density at radius 2 is 1.81 bits per heavy atom. The number of anilines is 2. The minimum Gasteiger partial charge on any atom is -0.474 e. The normalized spacial score (nSPS) is 24.4. The van der Waals surface area contributed by atoms with Gasteiger partial charge in [0.1, 0.15) is 23.8 Å². The first-order valence-electron chi connectivity index (χ1n) is 23.4. The Balaban J connectivity index is 0.856. The number of nitrogens with one attached hydrogen (secondary N) is 3. The van der Waals surface area contributed by atoms with E-state index in [1.807, 2.05) is 6.07 Å². The second-order valence-electron chi connectivity index (χ2n) is 19.8. The van der Waals surface area contributed by atoms with Crippen LogP contribution in [0.15, 0.2) is 78.1 Å². The van der Waals surface area contributed by atoms with Crippen LogP contribution in [0.3, 0.4) is 0 Å². The molecule has 2 aromatic carbocycles. The number of aromatic nitrogens is 3. The summed E-state index contributed by atoms with van der Waals surface area (Å²) in [5.74, 6) is -0.307. The number of nitro groups is 1. The van der Waals surface area contributed by atoms with E-state index in [9.17, 15) is 28.4 Å². The van der Waals surface area contributed by atoms with Crippen molar-refractivity contribution in [2.45, 2.75) is 107 Å². The molecule has 1 amide bonds. The number of H-pyrrole nitrogens is 1. The van der Waals surface area contributed by atoms with Gasteiger partial charge in [-0.05, 0) is 111 Å². The highest BCUT2D eigenvalue weighted by Crippen LogP contribution is 2.53. The largest absolute Gasteiger partial charge is 0.474 e. The molecular weight excluding hydrogens is 877 g/mol. The minimum atomic E-state index is -4.78. The number of morpholine rings is 1. The van der Waals surface area contributed by atoms with E-state index >= 15 is 0 Å². The lowest BCUT2D eigenvalue weighted by atomic mass is 9.59. The average molecular weight is 935 g/mol. The van der Waals surface area contributed by atoms with Crippen molar-refractivity contribution in [3.8, 4) is 17.4 Å². The molecule has 5 aromatic rings. The molecular formula is C49H58N8O9S. The molecule has 3 aliphatic heterocycles. The Hall–Kier alpha value is -5.82. The smallest absolute Gasteiger partial charge is 0.300 e. The first kappa shape index (κ1) is 45.0. The van der Waals surface area contributed by atoms with Gasteiger partial charge >= 0.3 is 5.69 Å². The van der Waals surface area contributed by atoms with Gasteiger partial charge in [0.25, 0.3) is 15.9 Å². The highest BCUT2D eigenvalue weighted by Gasteiger charge is 2.50. The molecule has 4 fully saturated rings. The van der Waals surface area contributed by atoms with Crippen molar-refractivity contribution in [1.29, 1.82) is 0 Å². The van der Waals surface area contributed by atoms with E-state index in [1.54, 1.807) is 31.3 Å². The quantitative estimate of drug-likeness (QED) is 0.0734. The summed E-state index contributed by atoms with van der Waals surface area (Å²) >= 11 is 0. The summed E-state index contributed by atoms with van der Waals surface area (Å²) in [5.41, 5.74) is 3.06. The number of aromatic amines is 1. The topological polar surface area (TPSA) is 214 Å². The zero-order valence-corrected chi connectivity index (χ0v) is 38.9. The molecule has 67 heavy (non-hydrogen) atoms. The number of fused-ring (bicyclic) bond motifs is 2. The molecule has 0 unspecified atom stereocenters. The van der Waals surface area contributed by atoms with Gasteiger partial charge in [-0.2, -0.15) is 13.4 Å². The average Bonchev–Trinajstić information content (AvgIpc) is 3.78. The lowest BCUT2D eigenvalue weighted by molar-refractivity contribution is -0.384. The summed E-state index contributed by atoms with van der Waals surface area (Å²) in [6.07, 6.45) is 10.1. The third-order valence-electron chi connectivity index (χ3n) is 15.0. The van der Waals surface area contributed by atoms with Gasteiger partial charge in [-0.25, -0.2) is 9.71 Å². The zero-order chi connectivity index (χ0) is 46.7. The zero-order valence-electron chi connectivity index (χ0n) is 38.1. The van der Waals surface area contributed by atoms with E-state index in [-0.39, 0.29) is 52.9 Å². The molecule has 2 aliphatic carbocycles. The monoisotopic (exact) mass is 934 g/mol. The molecule has 3 aromatic heterocycles. The van der Waals surface area contributed by atoms with Gasteiger partial charge in [0.05, 0.1) is 53.6 Å². The Morgan fingerprint density at radius 1 is 1.03 bits per heavy atom. The molecule has 354 valence electrons. The number of amides is 1. The summed E-state index contributed by atoms with van der Waals surface area (Å²) in [5, 5.41) is 26.0. The van der Waals surface area contributed by atoms with Crippen molar-refractivity contribution in [1.82, 2.24) is 24.6 Å². The molecule has 2 saturated heterocycles. The van der Waals surface area contributed by atoms with Crippen LogP contribution in [0.5, 0.6) is 17.4 Å². The minimum absolute atomic E-state index is 0.0297. The standard InChI is InChI=1S/C49H58N8O9S/c1-30(2)36-6-4-5-7-37(36)41-29-64-21-20-56(41)34-25-49(26-34)15-18-55(19-16-49)33-8-9-38(42(23-33)66-35-22-32-12-17-50-45(32)51-27-35)46(58)54-67(62,63)43-24-40(57(60)61)44-47(53-43)65-28-39(52-44)31-10-13-48(3,59)14-11-31/h4-9,12,17,22-24,27,30-31,34,39,41,52,59H,10-11,13-16,18-21,25-26,28-29H2,1-3H3,(H,50,51)(H,54,58)/t31?,39-,41-,48?/m1/s1. The van der Waals surface area contributed by atoms with Crippen molar-refractivity contribution >= 4 is 44.0 Å². The molecule has 2 saturated carbocycles. The van der Waals surface area contributed by atoms with Crippen LogP contribution in [0.25, 0.3) is 11.0 Å². The van der Waals surface area contributed by atoms with Crippen LogP contribution in [0.4, 0.5) is 17.1 Å². The highest BCUT2D eigenvalue weighted by atomic mass is 32.2. The number of aliphatic hydroxyl groups is 1. The van der Waals surface area contributed by atoms with Crippen LogP contribution in [-0.2, 0) is 14.8 Å². The molecule has 4 N–H and O–H groups in total. The first-order chi connectivity index (χ1) is 32.1. The summed E-state index contributed by atoms with van der Waals surface area (Å²) in [6.45, 7) is 10.4. The van der Waals surface area contributed by atoms with Crippen LogP contribution in [0.1, 0.15) is 106 Å². The molecule has 17 nitrogen and oxygen atoms in total. The predicted molar refractivity (Wildman–Crippen MR) is 251 cm³/mol. The molecule has 0 radical (unpaired) electrons. The van der Waals surface area contributed by atoms with Crippen LogP contribution in [0, 0.1) is 21.4 Å². The van der Waals surface area contributed by atoms with Crippen molar-refractivity contribution in [3.63, 3.8) is 0 Å². The summed E-state index contributed by atoms with van der Waals surface area (Å²) < 4.78 is 48.2. The summed E-state index contributed by atoms with van der Waals surface area (Å²) in [7, 11) is -4.78. The van der Waals surface area contributed by atoms with Crippen LogP contribution in [-0.4, -0.2) is 101 Å². The van der Waals surface area contributed by atoms with Crippen LogP contribution >= 0.6 is 0 Å². The lowest BCUT2D eigenvalue weighted by Crippen LogP contribution is -2.58. The molecule has 0 bridgehead atoms. The fourth-order valence-corrected chi connectivity index (χ4v) is 12.0. The fourth-order valence-electron chi connectivity index (χ4n) is 11.1. The molecule has 2 atom stereocenters. The predicted octanol–water partition coefficient (Wildman–Crippen LogP) is 7.84. The maximum atomic E-state index is 14.1. The van der Waals surface area contributed by atoms with Crippen LogP contribution in [0.2, 0.25) is 0 Å². The van der Waals surface area contributed by atoms with Gasteiger partial charge in [0.15, 0.2) is 10.7 Å². The second kappa shape index (κ2) is 17.7. The maximum absolute atomic E-state index is 14.1. The number of hydrogen-bond acceptors (Lipinski definition) is 14. The van der Waals surface area contributed by atoms with Crippen molar-refractivity contribution in [3.05, 3.63) is 99.9 Å². The van der Waals surface area contributed by atoms with Gasteiger partial charge in [-0.15, -0.1) is 0 Å². The van der Waals surface area contributed by atoms with Gasteiger partial charge in [-0.1, -0.05) is 38.1 Å². The van der Waals surface area contributed by atoms with E-state index in [1.165, 1.54) is 23.4 Å². The second-order valence-corrected chi connectivity index (χ2v) is 21.4. The summed E-state index contributed by atoms with van der Waals surface area (Å²) in [6, 6.07) is 18.7. The number of ether oxygens (including phenoxy) is 3. The van der Waals surface area contributed by atoms with Crippen molar-refractivity contribution < 1.29 is 37.5 Å². The van der Waals surface area contributed by atoms with Gasteiger partial charge in [0, 0.05) is 49.0 Å². The Labute approximate surface area is 389 Å². The number of rotatable bonds is 11. The molecule has 1 spiro atoms. The summed E-state index contributed by atoms with van der Waals surface area (Å²) in [4.78, 5) is 42.4. The Morgan fingerprint density at radius 3 is 2.57 bits per heavy atom.